The van der Waals surface area contributed by atoms with Crippen molar-refractivity contribution in [2.45, 2.75) is 18.6 Å². The number of carbonyl (C=O) groups is 1. The first-order chi connectivity index (χ1) is 8.38. The fourth-order valence-corrected chi connectivity index (χ4v) is 1.44. The number of nitrogen functional groups attached to an aromatic ring is 1. The molecule has 0 fully saturated rings. The highest BCUT2D eigenvalue weighted by molar-refractivity contribution is 5.70. The normalized spacial score (nSPS) is 14.1. The minimum atomic E-state index is -1.82. The largest absolute Gasteiger partial charge is 0.469 e. The SMILES string of the molecule is COC(=O)CC(O)C(O)c1c(N)ccc(F)c1F. The summed E-state index contributed by atoms with van der Waals surface area (Å²) in [5.74, 6) is -3.35. The number of rotatable bonds is 4. The van der Waals surface area contributed by atoms with E-state index in [-0.39, 0.29) is 5.69 Å². The lowest BCUT2D eigenvalue weighted by Gasteiger charge is -2.19. The van der Waals surface area contributed by atoms with Crippen molar-refractivity contribution < 1.29 is 28.5 Å². The molecule has 18 heavy (non-hydrogen) atoms. The van der Waals surface area contributed by atoms with E-state index in [1.807, 2.05) is 0 Å². The van der Waals surface area contributed by atoms with Crippen LogP contribution >= 0.6 is 0 Å². The molecule has 0 aliphatic carbocycles. The zero-order chi connectivity index (χ0) is 13.9. The molecule has 2 atom stereocenters. The Morgan fingerprint density at radius 2 is 2.06 bits per heavy atom. The highest BCUT2D eigenvalue weighted by Gasteiger charge is 2.27. The summed E-state index contributed by atoms with van der Waals surface area (Å²) in [5.41, 5.74) is 4.60. The average molecular weight is 261 g/mol. The standard InChI is InChI=1S/C11H13F2NO4/c1-18-8(16)4-7(15)11(17)9-6(14)3-2-5(12)10(9)13/h2-3,7,11,15,17H,4,14H2,1H3. The van der Waals surface area contributed by atoms with Crippen LogP contribution in [0.3, 0.4) is 0 Å². The Balaban J connectivity index is 3.00. The molecule has 0 saturated heterocycles. The van der Waals surface area contributed by atoms with Gasteiger partial charge in [0.15, 0.2) is 11.6 Å². The minimum absolute atomic E-state index is 0.217. The first-order valence-corrected chi connectivity index (χ1v) is 5.04. The summed E-state index contributed by atoms with van der Waals surface area (Å²) in [5, 5.41) is 19.2. The molecule has 4 N–H and O–H groups in total. The monoisotopic (exact) mass is 261 g/mol. The molecule has 2 unspecified atom stereocenters. The van der Waals surface area contributed by atoms with Crippen molar-refractivity contribution in [3.8, 4) is 0 Å². The van der Waals surface area contributed by atoms with Gasteiger partial charge in [0.1, 0.15) is 6.10 Å². The van der Waals surface area contributed by atoms with Gasteiger partial charge < -0.3 is 20.7 Å². The van der Waals surface area contributed by atoms with Crippen LogP contribution in [0.2, 0.25) is 0 Å². The van der Waals surface area contributed by atoms with Gasteiger partial charge in [-0.25, -0.2) is 8.78 Å². The third-order valence-electron chi connectivity index (χ3n) is 2.43. The van der Waals surface area contributed by atoms with Gasteiger partial charge in [0, 0.05) is 11.3 Å². The third kappa shape index (κ3) is 2.93. The summed E-state index contributed by atoms with van der Waals surface area (Å²) >= 11 is 0. The van der Waals surface area contributed by atoms with Gasteiger partial charge in [-0.3, -0.25) is 4.79 Å². The number of aliphatic hydroxyl groups is 2. The topological polar surface area (TPSA) is 92.8 Å². The molecule has 0 aliphatic heterocycles. The van der Waals surface area contributed by atoms with Crippen LogP contribution in [0.1, 0.15) is 18.1 Å². The van der Waals surface area contributed by atoms with E-state index in [4.69, 9.17) is 5.73 Å². The zero-order valence-corrected chi connectivity index (χ0v) is 9.56. The van der Waals surface area contributed by atoms with Gasteiger partial charge in [0.25, 0.3) is 0 Å². The van der Waals surface area contributed by atoms with Crippen LogP contribution in [0.15, 0.2) is 12.1 Å². The summed E-state index contributed by atoms with van der Waals surface area (Å²) in [6, 6.07) is 1.86. The van der Waals surface area contributed by atoms with E-state index in [1.165, 1.54) is 0 Å². The fourth-order valence-electron chi connectivity index (χ4n) is 1.44. The molecule has 0 amide bonds. The van der Waals surface area contributed by atoms with Crippen LogP contribution in [0.4, 0.5) is 14.5 Å². The molecule has 0 bridgehead atoms. The number of hydrogen-bond acceptors (Lipinski definition) is 5. The number of halogens is 2. The van der Waals surface area contributed by atoms with Crippen molar-refractivity contribution in [1.82, 2.24) is 0 Å². The van der Waals surface area contributed by atoms with E-state index >= 15 is 0 Å². The maximum absolute atomic E-state index is 13.5. The summed E-state index contributed by atoms with van der Waals surface area (Å²) in [6.45, 7) is 0. The molecule has 1 aromatic carbocycles. The molecule has 5 nitrogen and oxygen atoms in total. The number of methoxy groups -OCH3 is 1. The number of ether oxygens (including phenoxy) is 1. The lowest BCUT2D eigenvalue weighted by molar-refractivity contribution is -0.144. The maximum Gasteiger partial charge on any atom is 0.308 e. The maximum atomic E-state index is 13.5. The second-order valence-electron chi connectivity index (χ2n) is 3.66. The molecule has 0 saturated carbocycles. The lowest BCUT2D eigenvalue weighted by atomic mass is 9.99. The number of benzene rings is 1. The predicted molar refractivity (Wildman–Crippen MR) is 58.4 cm³/mol. The van der Waals surface area contributed by atoms with Crippen LogP contribution in [0, 0.1) is 11.6 Å². The Morgan fingerprint density at radius 3 is 2.61 bits per heavy atom. The molecule has 0 aliphatic rings. The Bertz CT molecular complexity index is 453. The van der Waals surface area contributed by atoms with Crippen molar-refractivity contribution in [3.05, 3.63) is 29.3 Å². The van der Waals surface area contributed by atoms with Crippen molar-refractivity contribution in [2.75, 3.05) is 12.8 Å². The summed E-state index contributed by atoms with van der Waals surface area (Å²) in [6.07, 6.45) is -4.02. The van der Waals surface area contributed by atoms with Crippen LogP contribution in [0.25, 0.3) is 0 Å². The summed E-state index contributed by atoms with van der Waals surface area (Å²) in [4.78, 5) is 10.9. The Kier molecular flexibility index (Phi) is 4.57. The lowest BCUT2D eigenvalue weighted by Crippen LogP contribution is -2.24. The van der Waals surface area contributed by atoms with Crippen LogP contribution in [0.5, 0.6) is 0 Å². The third-order valence-corrected chi connectivity index (χ3v) is 2.43. The minimum Gasteiger partial charge on any atom is -0.469 e. The number of aliphatic hydroxyl groups excluding tert-OH is 2. The van der Waals surface area contributed by atoms with E-state index in [0.717, 1.165) is 19.2 Å². The van der Waals surface area contributed by atoms with Gasteiger partial charge >= 0.3 is 5.97 Å². The van der Waals surface area contributed by atoms with E-state index in [0.29, 0.717) is 0 Å². The van der Waals surface area contributed by atoms with Crippen molar-refractivity contribution in [1.29, 1.82) is 0 Å². The van der Waals surface area contributed by atoms with E-state index in [1.54, 1.807) is 0 Å². The fraction of sp³-hybridized carbons (Fsp3) is 0.364. The van der Waals surface area contributed by atoms with Gasteiger partial charge in [-0.05, 0) is 12.1 Å². The van der Waals surface area contributed by atoms with Crippen LogP contribution in [-0.4, -0.2) is 29.4 Å². The molecular formula is C11H13F2NO4. The Hall–Kier alpha value is -1.73. The molecule has 1 rings (SSSR count). The molecule has 1 aromatic rings. The molecule has 100 valence electrons. The molecular weight excluding hydrogens is 248 g/mol. The van der Waals surface area contributed by atoms with Crippen molar-refractivity contribution >= 4 is 11.7 Å². The molecule has 0 spiro atoms. The van der Waals surface area contributed by atoms with Gasteiger partial charge in [-0.15, -0.1) is 0 Å². The molecule has 0 heterocycles. The second-order valence-corrected chi connectivity index (χ2v) is 3.66. The van der Waals surface area contributed by atoms with Crippen molar-refractivity contribution in [3.63, 3.8) is 0 Å². The highest BCUT2D eigenvalue weighted by Crippen LogP contribution is 2.28. The molecule has 0 radical (unpaired) electrons. The first-order valence-electron chi connectivity index (χ1n) is 5.04. The van der Waals surface area contributed by atoms with Gasteiger partial charge in [0.05, 0.1) is 19.6 Å². The number of esters is 1. The van der Waals surface area contributed by atoms with Crippen LogP contribution in [-0.2, 0) is 9.53 Å². The summed E-state index contributed by atoms with van der Waals surface area (Å²) in [7, 11) is 1.10. The highest BCUT2D eigenvalue weighted by atomic mass is 19.2. The van der Waals surface area contributed by atoms with Crippen LogP contribution < -0.4 is 5.73 Å². The van der Waals surface area contributed by atoms with Gasteiger partial charge in [-0.1, -0.05) is 0 Å². The Labute approximate surface area is 102 Å². The summed E-state index contributed by atoms with van der Waals surface area (Å²) < 4.78 is 30.7. The number of nitrogens with two attached hydrogens (primary N) is 1. The number of hydrogen-bond donors (Lipinski definition) is 3. The Morgan fingerprint density at radius 1 is 1.44 bits per heavy atom. The average Bonchev–Trinajstić information content (AvgIpc) is 2.33. The van der Waals surface area contributed by atoms with Crippen molar-refractivity contribution in [2.24, 2.45) is 0 Å². The molecule has 0 aromatic heterocycles. The smallest absolute Gasteiger partial charge is 0.308 e. The van der Waals surface area contributed by atoms with E-state index in [9.17, 15) is 23.8 Å². The quantitative estimate of drug-likeness (QED) is 0.542. The molecule has 7 heteroatoms. The zero-order valence-electron chi connectivity index (χ0n) is 9.56. The first kappa shape index (κ1) is 14.3. The second kappa shape index (κ2) is 5.74. The van der Waals surface area contributed by atoms with E-state index in [2.05, 4.69) is 4.74 Å². The number of carbonyl (C=O) groups excluding carboxylic acids is 1. The van der Waals surface area contributed by atoms with Gasteiger partial charge in [-0.2, -0.15) is 0 Å². The van der Waals surface area contributed by atoms with Gasteiger partial charge in [0.2, 0.25) is 0 Å². The van der Waals surface area contributed by atoms with E-state index < -0.39 is 41.8 Å². The predicted octanol–water partition coefficient (Wildman–Crippen LogP) is 0.504. The number of anilines is 1.